The number of halogens is 2. The van der Waals surface area contributed by atoms with Gasteiger partial charge in [0.05, 0.1) is 11.6 Å². The maximum absolute atomic E-state index is 5.74. The van der Waals surface area contributed by atoms with Crippen molar-refractivity contribution in [3.63, 3.8) is 0 Å². The minimum absolute atomic E-state index is 0.154. The summed E-state index contributed by atoms with van der Waals surface area (Å²) in [6, 6.07) is 3.32. The van der Waals surface area contributed by atoms with Crippen molar-refractivity contribution in [2.24, 2.45) is 0 Å². The molecule has 0 radical (unpaired) electrons. The third-order valence-corrected chi connectivity index (χ3v) is 2.50. The van der Waals surface area contributed by atoms with Gasteiger partial charge in [0, 0.05) is 6.20 Å². The average Bonchev–Trinajstić information content (AvgIpc) is 2.73. The van der Waals surface area contributed by atoms with Crippen molar-refractivity contribution >= 4 is 34.2 Å². The van der Waals surface area contributed by atoms with Crippen LogP contribution >= 0.6 is 23.2 Å². The zero-order valence-corrected chi connectivity index (χ0v) is 9.76. The molecule has 8 heteroatoms. The van der Waals surface area contributed by atoms with E-state index >= 15 is 0 Å². The lowest BCUT2D eigenvalue weighted by Crippen LogP contribution is -2.01. The maximum atomic E-state index is 5.74. The van der Waals surface area contributed by atoms with Crippen LogP contribution in [0.15, 0.2) is 24.5 Å². The molecule has 17 heavy (non-hydrogen) atoms. The highest BCUT2D eigenvalue weighted by atomic mass is 35.5. The lowest BCUT2D eigenvalue weighted by molar-refractivity contribution is 0.827. The Morgan fingerprint density at radius 1 is 1.06 bits per heavy atom. The molecule has 0 spiro atoms. The Morgan fingerprint density at radius 2 is 1.94 bits per heavy atom. The Labute approximate surface area is 105 Å². The molecule has 0 aliphatic carbocycles. The Balaban J connectivity index is 2.23. The van der Waals surface area contributed by atoms with Crippen molar-refractivity contribution in [3.8, 4) is 5.82 Å². The van der Waals surface area contributed by atoms with Gasteiger partial charge in [-0.2, -0.15) is 14.8 Å². The van der Waals surface area contributed by atoms with Gasteiger partial charge in [0.15, 0.2) is 16.6 Å². The van der Waals surface area contributed by atoms with Crippen molar-refractivity contribution in [1.29, 1.82) is 0 Å². The van der Waals surface area contributed by atoms with Crippen LogP contribution in [-0.4, -0.2) is 29.9 Å². The number of nitrogens with zero attached hydrogens (tertiary/aromatic N) is 6. The molecule has 0 aliphatic rings. The predicted octanol–water partition coefficient (Wildman–Crippen LogP) is 1.91. The van der Waals surface area contributed by atoms with Gasteiger partial charge >= 0.3 is 0 Å². The molecule has 0 atom stereocenters. The third-order valence-electron chi connectivity index (χ3n) is 2.11. The van der Waals surface area contributed by atoms with Gasteiger partial charge in [-0.05, 0) is 23.7 Å². The number of aromatic nitrogens is 6. The molecule has 0 bridgehead atoms. The Morgan fingerprint density at radius 3 is 2.71 bits per heavy atom. The summed E-state index contributed by atoms with van der Waals surface area (Å²) >= 11 is 11.4. The molecule has 0 aliphatic heterocycles. The second kappa shape index (κ2) is 3.90. The van der Waals surface area contributed by atoms with E-state index < -0.39 is 0 Å². The molecule has 0 saturated carbocycles. The molecule has 0 aromatic carbocycles. The van der Waals surface area contributed by atoms with Crippen LogP contribution in [0.2, 0.25) is 10.4 Å². The van der Waals surface area contributed by atoms with E-state index in [1.807, 2.05) is 0 Å². The van der Waals surface area contributed by atoms with Gasteiger partial charge in [-0.3, -0.25) is 0 Å². The maximum Gasteiger partial charge on any atom is 0.224 e. The first kappa shape index (κ1) is 10.4. The van der Waals surface area contributed by atoms with E-state index in [2.05, 4.69) is 25.3 Å². The lowest BCUT2D eigenvalue weighted by Gasteiger charge is -2.00. The molecule has 0 N–H and O–H groups in total. The lowest BCUT2D eigenvalue weighted by atomic mass is 10.4. The third kappa shape index (κ3) is 1.81. The molecule has 3 rings (SSSR count). The van der Waals surface area contributed by atoms with Gasteiger partial charge in [-0.1, -0.05) is 11.6 Å². The number of fused-ring (bicyclic) bond motifs is 1. The molecule has 84 valence electrons. The topological polar surface area (TPSA) is 69.4 Å². The SMILES string of the molecule is Clc1ccc(-n2ncc3cnc(Cl)nc32)nn1. The van der Waals surface area contributed by atoms with E-state index in [1.165, 1.54) is 4.68 Å². The van der Waals surface area contributed by atoms with E-state index in [4.69, 9.17) is 23.2 Å². The number of rotatable bonds is 1. The van der Waals surface area contributed by atoms with Gasteiger partial charge < -0.3 is 0 Å². The van der Waals surface area contributed by atoms with Gasteiger partial charge in [-0.15, -0.1) is 10.2 Å². The quantitative estimate of drug-likeness (QED) is 0.630. The van der Waals surface area contributed by atoms with Crippen LogP contribution in [0.3, 0.4) is 0 Å². The monoisotopic (exact) mass is 266 g/mol. The van der Waals surface area contributed by atoms with E-state index in [0.717, 1.165) is 5.39 Å². The fourth-order valence-corrected chi connectivity index (χ4v) is 1.62. The molecule has 3 aromatic heterocycles. The van der Waals surface area contributed by atoms with Crippen molar-refractivity contribution in [1.82, 2.24) is 29.9 Å². The highest BCUT2D eigenvalue weighted by molar-refractivity contribution is 6.29. The van der Waals surface area contributed by atoms with Crippen molar-refractivity contribution in [2.75, 3.05) is 0 Å². The highest BCUT2D eigenvalue weighted by Crippen LogP contribution is 2.16. The first-order chi connectivity index (χ1) is 8.24. The number of hydrogen-bond acceptors (Lipinski definition) is 5. The van der Waals surface area contributed by atoms with Crippen LogP contribution in [0, 0.1) is 0 Å². The highest BCUT2D eigenvalue weighted by Gasteiger charge is 2.08. The van der Waals surface area contributed by atoms with E-state index in [0.29, 0.717) is 16.6 Å². The zero-order valence-electron chi connectivity index (χ0n) is 8.25. The summed E-state index contributed by atoms with van der Waals surface area (Å²) in [5.74, 6) is 0.513. The Kier molecular flexibility index (Phi) is 2.38. The van der Waals surface area contributed by atoms with Crippen molar-refractivity contribution in [3.05, 3.63) is 35.0 Å². The summed E-state index contributed by atoms with van der Waals surface area (Å²) < 4.78 is 1.52. The van der Waals surface area contributed by atoms with E-state index in [1.54, 1.807) is 24.5 Å². The Bertz CT molecular complexity index is 678. The average molecular weight is 267 g/mol. The summed E-state index contributed by atoms with van der Waals surface area (Å²) in [6.45, 7) is 0. The van der Waals surface area contributed by atoms with Gasteiger partial charge in [0.2, 0.25) is 5.28 Å². The van der Waals surface area contributed by atoms with E-state index in [-0.39, 0.29) is 5.28 Å². The van der Waals surface area contributed by atoms with Crippen molar-refractivity contribution in [2.45, 2.75) is 0 Å². The molecule has 3 heterocycles. The van der Waals surface area contributed by atoms with Crippen LogP contribution in [0.25, 0.3) is 16.9 Å². The van der Waals surface area contributed by atoms with Crippen LogP contribution < -0.4 is 0 Å². The van der Waals surface area contributed by atoms with Gasteiger partial charge in [0.1, 0.15) is 0 Å². The molecule has 3 aromatic rings. The Hall–Kier alpha value is -1.79. The molecule has 0 amide bonds. The van der Waals surface area contributed by atoms with Crippen LogP contribution in [0.1, 0.15) is 0 Å². The van der Waals surface area contributed by atoms with Crippen LogP contribution in [-0.2, 0) is 0 Å². The molecule has 0 saturated heterocycles. The number of hydrogen-bond donors (Lipinski definition) is 0. The van der Waals surface area contributed by atoms with Gasteiger partial charge in [0.25, 0.3) is 0 Å². The fraction of sp³-hybridized carbons (Fsp3) is 0. The normalized spacial score (nSPS) is 10.9. The first-order valence-corrected chi connectivity index (χ1v) is 5.35. The second-order valence-electron chi connectivity index (χ2n) is 3.19. The molecule has 0 unspecified atom stereocenters. The molecular weight excluding hydrogens is 263 g/mol. The summed E-state index contributed by atoms with van der Waals surface area (Å²) in [4.78, 5) is 7.96. The summed E-state index contributed by atoms with van der Waals surface area (Å²) in [5, 5.41) is 13.0. The van der Waals surface area contributed by atoms with Crippen LogP contribution in [0.5, 0.6) is 0 Å². The van der Waals surface area contributed by atoms with Crippen LogP contribution in [0.4, 0.5) is 0 Å². The minimum atomic E-state index is 0.154. The summed E-state index contributed by atoms with van der Waals surface area (Å²) in [5.41, 5.74) is 0.571. The molecule has 0 fully saturated rings. The predicted molar refractivity (Wildman–Crippen MR) is 62.3 cm³/mol. The zero-order chi connectivity index (χ0) is 11.8. The fourth-order valence-electron chi connectivity index (χ4n) is 1.39. The van der Waals surface area contributed by atoms with Crippen molar-refractivity contribution < 1.29 is 0 Å². The van der Waals surface area contributed by atoms with Gasteiger partial charge in [-0.25, -0.2) is 4.98 Å². The molecular formula is C9H4Cl2N6. The second-order valence-corrected chi connectivity index (χ2v) is 3.91. The largest absolute Gasteiger partial charge is 0.226 e. The minimum Gasteiger partial charge on any atom is -0.226 e. The van der Waals surface area contributed by atoms with E-state index in [9.17, 15) is 0 Å². The first-order valence-electron chi connectivity index (χ1n) is 4.60. The smallest absolute Gasteiger partial charge is 0.224 e. The summed E-state index contributed by atoms with van der Waals surface area (Å²) in [6.07, 6.45) is 3.22. The standard InChI is InChI=1S/C9H4Cl2N6/c10-6-1-2-7(16-15-6)17-8-5(4-13-17)3-12-9(11)14-8/h1-4H. The molecule has 6 nitrogen and oxygen atoms in total. The summed E-state index contributed by atoms with van der Waals surface area (Å²) in [7, 11) is 0.